The van der Waals surface area contributed by atoms with Gasteiger partial charge in [-0.05, 0) is 70.8 Å². The second-order valence-electron chi connectivity index (χ2n) is 12.8. The fraction of sp³-hybridized carbons (Fsp3) is 0. The molecule has 0 aliphatic carbocycles. The van der Waals surface area contributed by atoms with Gasteiger partial charge in [0.1, 0.15) is 5.82 Å². The summed E-state index contributed by atoms with van der Waals surface area (Å²) in [6, 6.07) is 59.5. The molecule has 0 unspecified atom stereocenters. The van der Waals surface area contributed by atoms with Crippen molar-refractivity contribution in [3.63, 3.8) is 0 Å². The summed E-state index contributed by atoms with van der Waals surface area (Å²) in [4.78, 5) is 5.36. The Morgan fingerprint density at radius 1 is 0.375 bits per heavy atom. The summed E-state index contributed by atoms with van der Waals surface area (Å²) < 4.78 is 4.79. The molecule has 7 aromatic carbocycles. The van der Waals surface area contributed by atoms with E-state index in [4.69, 9.17) is 4.98 Å². The van der Waals surface area contributed by atoms with E-state index in [2.05, 4.69) is 173 Å². The van der Waals surface area contributed by atoms with Crippen molar-refractivity contribution in [3.05, 3.63) is 164 Å². The maximum absolute atomic E-state index is 5.36. The number of hydrogen-bond acceptors (Lipinski definition) is 1. The van der Waals surface area contributed by atoms with Crippen LogP contribution in [0.15, 0.2) is 164 Å². The van der Waals surface area contributed by atoms with Crippen molar-refractivity contribution in [2.75, 3.05) is 0 Å². The first-order valence-electron chi connectivity index (χ1n) is 16.5. The van der Waals surface area contributed by atoms with E-state index in [9.17, 15) is 0 Å². The number of rotatable bonds is 2. The highest BCUT2D eigenvalue weighted by atomic mass is 15.1. The molecule has 4 heterocycles. The van der Waals surface area contributed by atoms with E-state index < -0.39 is 0 Å². The maximum atomic E-state index is 5.36. The van der Waals surface area contributed by atoms with E-state index in [-0.39, 0.29) is 0 Å². The monoisotopic (exact) mass is 609 g/mol. The van der Waals surface area contributed by atoms with E-state index in [0.29, 0.717) is 0 Å². The van der Waals surface area contributed by atoms with Gasteiger partial charge in [0.2, 0.25) is 0 Å². The fourth-order valence-electron chi connectivity index (χ4n) is 8.12. The summed E-state index contributed by atoms with van der Waals surface area (Å²) in [5, 5.41) is 6.14. The molecule has 0 atom stereocenters. The molecular formula is C45H27N3. The average molecular weight is 610 g/mol. The molecule has 3 aromatic heterocycles. The van der Waals surface area contributed by atoms with Gasteiger partial charge < -0.3 is 4.57 Å². The quantitative estimate of drug-likeness (QED) is 0.191. The van der Waals surface area contributed by atoms with Gasteiger partial charge in [0.15, 0.2) is 0 Å². The SMILES string of the molecule is c1ccc(-n2c3ccccc3c3ccc(-c4ccc5c(c4)c4cccc6c4n5-c4nc5ccccc5cc4-c4ccccc4-6)cc32)cc1. The van der Waals surface area contributed by atoms with Gasteiger partial charge in [-0.3, -0.25) is 4.57 Å². The van der Waals surface area contributed by atoms with Gasteiger partial charge >= 0.3 is 0 Å². The van der Waals surface area contributed by atoms with Crippen molar-refractivity contribution < 1.29 is 0 Å². The number of pyridine rings is 1. The molecule has 0 saturated heterocycles. The minimum absolute atomic E-state index is 0.979. The Bertz CT molecular complexity index is 2940. The highest BCUT2D eigenvalue weighted by Crippen LogP contribution is 2.47. The predicted molar refractivity (Wildman–Crippen MR) is 200 cm³/mol. The third-order valence-corrected chi connectivity index (χ3v) is 10.2. The Morgan fingerprint density at radius 2 is 1.04 bits per heavy atom. The predicted octanol–water partition coefficient (Wildman–Crippen LogP) is 11.7. The molecule has 0 saturated carbocycles. The Morgan fingerprint density at radius 3 is 1.96 bits per heavy atom. The first-order chi connectivity index (χ1) is 23.8. The molecule has 11 rings (SSSR count). The molecule has 0 radical (unpaired) electrons. The van der Waals surface area contributed by atoms with Crippen LogP contribution in [-0.4, -0.2) is 14.1 Å². The molecule has 10 aromatic rings. The molecule has 0 bridgehead atoms. The Hall–Kier alpha value is -6.45. The number of aromatic nitrogens is 3. The van der Waals surface area contributed by atoms with E-state index in [0.717, 1.165) is 27.8 Å². The molecular weight excluding hydrogens is 583 g/mol. The van der Waals surface area contributed by atoms with Gasteiger partial charge in [-0.2, -0.15) is 0 Å². The molecule has 0 fully saturated rings. The van der Waals surface area contributed by atoms with Gasteiger partial charge in [0.25, 0.3) is 0 Å². The Labute approximate surface area is 276 Å². The molecule has 3 nitrogen and oxygen atoms in total. The lowest BCUT2D eigenvalue weighted by molar-refractivity contribution is 1.11. The molecule has 0 N–H and O–H groups in total. The first kappa shape index (κ1) is 25.7. The van der Waals surface area contributed by atoms with E-state index >= 15 is 0 Å². The van der Waals surface area contributed by atoms with E-state index in [1.165, 1.54) is 71.6 Å². The lowest BCUT2D eigenvalue weighted by atomic mass is 9.93. The molecule has 0 spiro atoms. The topological polar surface area (TPSA) is 22.8 Å². The van der Waals surface area contributed by atoms with Gasteiger partial charge in [-0.15, -0.1) is 0 Å². The standard InChI is InChI=1S/C45H27N3/c1-2-12-31(13-3-1)47-41-20-9-7-16-34(41)35-23-21-29(27-43(35)47)28-22-24-42-38(25-28)37-18-10-17-36-32-14-5-6-15-33(32)39-26-30-11-4-8-19-40(30)46-45(39)48(42)44(36)37/h1-27H. The number of benzene rings is 7. The first-order valence-corrected chi connectivity index (χ1v) is 16.5. The van der Waals surface area contributed by atoms with Crippen LogP contribution in [0.4, 0.5) is 0 Å². The van der Waals surface area contributed by atoms with Crippen LogP contribution in [0.5, 0.6) is 0 Å². The lowest BCUT2D eigenvalue weighted by Gasteiger charge is -2.13. The molecule has 222 valence electrons. The minimum atomic E-state index is 0.979. The highest BCUT2D eigenvalue weighted by Gasteiger charge is 2.26. The normalized spacial score (nSPS) is 12.2. The summed E-state index contributed by atoms with van der Waals surface area (Å²) in [5.41, 5.74) is 14.2. The number of para-hydroxylation sites is 4. The van der Waals surface area contributed by atoms with Crippen molar-refractivity contribution in [2.45, 2.75) is 0 Å². The Kier molecular flexibility index (Phi) is 5.11. The average Bonchev–Trinajstić information content (AvgIpc) is 3.63. The van der Waals surface area contributed by atoms with Crippen molar-refractivity contribution >= 4 is 54.5 Å². The van der Waals surface area contributed by atoms with Crippen LogP contribution in [-0.2, 0) is 0 Å². The van der Waals surface area contributed by atoms with E-state index in [1.807, 2.05) is 0 Å². The van der Waals surface area contributed by atoms with Crippen LogP contribution in [0.2, 0.25) is 0 Å². The second kappa shape index (κ2) is 9.54. The molecule has 0 amide bonds. The fourth-order valence-corrected chi connectivity index (χ4v) is 8.12. The van der Waals surface area contributed by atoms with Crippen molar-refractivity contribution in [2.24, 2.45) is 0 Å². The highest BCUT2D eigenvalue weighted by molar-refractivity contribution is 6.17. The van der Waals surface area contributed by atoms with Gasteiger partial charge in [0, 0.05) is 43.7 Å². The van der Waals surface area contributed by atoms with Crippen LogP contribution in [0.1, 0.15) is 0 Å². The molecule has 3 heteroatoms. The third-order valence-electron chi connectivity index (χ3n) is 10.2. The van der Waals surface area contributed by atoms with Crippen LogP contribution >= 0.6 is 0 Å². The minimum Gasteiger partial charge on any atom is -0.309 e. The number of hydrogen-bond donors (Lipinski definition) is 0. The summed E-state index contributed by atoms with van der Waals surface area (Å²) in [7, 11) is 0. The van der Waals surface area contributed by atoms with Gasteiger partial charge in [0.05, 0.1) is 27.6 Å². The summed E-state index contributed by atoms with van der Waals surface area (Å²) in [6.07, 6.45) is 0. The van der Waals surface area contributed by atoms with Crippen molar-refractivity contribution in [3.8, 4) is 44.9 Å². The smallest absolute Gasteiger partial charge is 0.146 e. The van der Waals surface area contributed by atoms with Crippen LogP contribution < -0.4 is 0 Å². The molecule has 48 heavy (non-hydrogen) atoms. The van der Waals surface area contributed by atoms with Crippen LogP contribution in [0.25, 0.3) is 99.4 Å². The Balaban J connectivity index is 1.20. The lowest BCUT2D eigenvalue weighted by Crippen LogP contribution is -2.00. The zero-order valence-electron chi connectivity index (χ0n) is 25.9. The molecule has 1 aliphatic rings. The number of fused-ring (bicyclic) bond motifs is 12. The zero-order valence-corrected chi connectivity index (χ0v) is 25.9. The summed E-state index contributed by atoms with van der Waals surface area (Å²) in [6.45, 7) is 0. The molecule has 1 aliphatic heterocycles. The van der Waals surface area contributed by atoms with Crippen molar-refractivity contribution in [1.29, 1.82) is 0 Å². The van der Waals surface area contributed by atoms with Gasteiger partial charge in [-0.25, -0.2) is 4.98 Å². The van der Waals surface area contributed by atoms with Crippen LogP contribution in [0, 0.1) is 0 Å². The third kappa shape index (κ3) is 3.45. The van der Waals surface area contributed by atoms with E-state index in [1.54, 1.807) is 0 Å². The zero-order chi connectivity index (χ0) is 31.3. The van der Waals surface area contributed by atoms with Crippen molar-refractivity contribution in [1.82, 2.24) is 14.1 Å². The summed E-state index contributed by atoms with van der Waals surface area (Å²) >= 11 is 0. The maximum Gasteiger partial charge on any atom is 0.146 e. The second-order valence-corrected chi connectivity index (χ2v) is 12.8. The van der Waals surface area contributed by atoms with Crippen LogP contribution in [0.3, 0.4) is 0 Å². The largest absolute Gasteiger partial charge is 0.309 e. The summed E-state index contributed by atoms with van der Waals surface area (Å²) in [5.74, 6) is 0.979. The number of nitrogens with zero attached hydrogens (tertiary/aromatic N) is 3. The van der Waals surface area contributed by atoms with Gasteiger partial charge in [-0.1, -0.05) is 115 Å².